The number of benzene rings is 1. The second-order valence-corrected chi connectivity index (χ2v) is 4.69. The first kappa shape index (κ1) is 15.0. The Bertz CT molecular complexity index is 645. The third kappa shape index (κ3) is 4.89. The molecular formula is C15H14ClN3O2. The Hall–Kier alpha value is -2.40. The topological polar surface area (TPSA) is 63.6 Å². The molecule has 0 unspecified atom stereocenters. The van der Waals surface area contributed by atoms with Crippen LogP contribution in [0.4, 0.5) is 0 Å². The molecule has 0 fully saturated rings. The molecule has 2 aromatic rings. The van der Waals surface area contributed by atoms with Crippen molar-refractivity contribution in [3.8, 4) is 5.75 Å². The highest BCUT2D eigenvalue weighted by atomic mass is 35.5. The molecule has 1 heterocycles. The minimum absolute atomic E-state index is 0.120. The van der Waals surface area contributed by atoms with E-state index in [1.165, 1.54) is 6.21 Å². The molecule has 2 rings (SSSR count). The summed E-state index contributed by atoms with van der Waals surface area (Å²) in [4.78, 5) is 15.5. The molecule has 1 N–H and O–H groups in total. The summed E-state index contributed by atoms with van der Waals surface area (Å²) in [6.45, 7) is 1.75. The number of hydrazone groups is 1. The Morgan fingerprint density at radius 1 is 1.48 bits per heavy atom. The number of hydrogen-bond acceptors (Lipinski definition) is 4. The summed E-state index contributed by atoms with van der Waals surface area (Å²) < 4.78 is 5.35. The SMILES string of the molecule is Cc1cc(OCC(=O)N/N=C/c2cccnc2)ccc1Cl. The van der Waals surface area contributed by atoms with Crippen LogP contribution in [0.15, 0.2) is 47.8 Å². The highest BCUT2D eigenvalue weighted by molar-refractivity contribution is 6.31. The molecule has 1 amide bonds. The first-order valence-electron chi connectivity index (χ1n) is 6.26. The number of halogens is 1. The van der Waals surface area contributed by atoms with E-state index in [-0.39, 0.29) is 12.5 Å². The predicted molar refractivity (Wildman–Crippen MR) is 81.7 cm³/mol. The van der Waals surface area contributed by atoms with Gasteiger partial charge in [-0.25, -0.2) is 5.43 Å². The third-order valence-corrected chi connectivity index (χ3v) is 3.01. The van der Waals surface area contributed by atoms with Gasteiger partial charge in [0.1, 0.15) is 5.75 Å². The third-order valence-electron chi connectivity index (χ3n) is 2.59. The number of pyridine rings is 1. The number of hydrogen-bond donors (Lipinski definition) is 1. The van der Waals surface area contributed by atoms with E-state index in [2.05, 4.69) is 15.5 Å². The minimum atomic E-state index is -0.345. The number of carbonyl (C=O) groups is 1. The summed E-state index contributed by atoms with van der Waals surface area (Å²) in [5.74, 6) is 0.242. The van der Waals surface area contributed by atoms with Crippen LogP contribution in [0.2, 0.25) is 5.02 Å². The van der Waals surface area contributed by atoms with Crippen molar-refractivity contribution in [3.63, 3.8) is 0 Å². The van der Waals surface area contributed by atoms with Gasteiger partial charge in [-0.15, -0.1) is 0 Å². The van der Waals surface area contributed by atoms with Crippen molar-refractivity contribution in [1.82, 2.24) is 10.4 Å². The zero-order chi connectivity index (χ0) is 15.1. The van der Waals surface area contributed by atoms with Crippen LogP contribution in [0.3, 0.4) is 0 Å². The molecule has 0 atom stereocenters. The summed E-state index contributed by atoms with van der Waals surface area (Å²) in [6.07, 6.45) is 4.82. The molecule has 0 aliphatic carbocycles. The van der Waals surface area contributed by atoms with Crippen LogP contribution < -0.4 is 10.2 Å². The number of nitrogens with one attached hydrogen (secondary N) is 1. The Morgan fingerprint density at radius 3 is 3.05 bits per heavy atom. The molecule has 0 radical (unpaired) electrons. The number of aromatic nitrogens is 1. The monoisotopic (exact) mass is 303 g/mol. The Balaban J connectivity index is 1.79. The van der Waals surface area contributed by atoms with Crippen LogP contribution in [0.25, 0.3) is 0 Å². The Labute approximate surface area is 127 Å². The highest BCUT2D eigenvalue weighted by Crippen LogP contribution is 2.20. The molecule has 1 aromatic carbocycles. The van der Waals surface area contributed by atoms with Crippen molar-refractivity contribution in [1.29, 1.82) is 0 Å². The van der Waals surface area contributed by atoms with Crippen LogP contribution in [0.1, 0.15) is 11.1 Å². The van der Waals surface area contributed by atoms with Gasteiger partial charge in [0.25, 0.3) is 5.91 Å². The average molecular weight is 304 g/mol. The maximum Gasteiger partial charge on any atom is 0.277 e. The minimum Gasteiger partial charge on any atom is -0.484 e. The summed E-state index contributed by atoms with van der Waals surface area (Å²) >= 11 is 5.91. The Morgan fingerprint density at radius 2 is 2.33 bits per heavy atom. The molecule has 108 valence electrons. The van der Waals surface area contributed by atoms with Crippen molar-refractivity contribution in [2.45, 2.75) is 6.92 Å². The van der Waals surface area contributed by atoms with Gasteiger partial charge in [-0.3, -0.25) is 9.78 Å². The van der Waals surface area contributed by atoms with E-state index >= 15 is 0 Å². The van der Waals surface area contributed by atoms with E-state index < -0.39 is 0 Å². The van der Waals surface area contributed by atoms with Gasteiger partial charge in [-0.1, -0.05) is 17.7 Å². The van der Waals surface area contributed by atoms with E-state index in [0.717, 1.165) is 11.1 Å². The van der Waals surface area contributed by atoms with E-state index in [1.54, 1.807) is 36.7 Å². The molecule has 0 aliphatic heterocycles. The van der Waals surface area contributed by atoms with Gasteiger partial charge in [-0.05, 0) is 36.8 Å². The van der Waals surface area contributed by atoms with Gasteiger partial charge in [0.2, 0.25) is 0 Å². The van der Waals surface area contributed by atoms with Crippen molar-refractivity contribution in [2.24, 2.45) is 5.10 Å². The van der Waals surface area contributed by atoms with Crippen LogP contribution in [-0.4, -0.2) is 23.7 Å². The van der Waals surface area contributed by atoms with E-state index in [0.29, 0.717) is 10.8 Å². The van der Waals surface area contributed by atoms with Crippen molar-refractivity contribution in [3.05, 3.63) is 58.9 Å². The average Bonchev–Trinajstić information content (AvgIpc) is 2.49. The quantitative estimate of drug-likeness (QED) is 0.682. The van der Waals surface area contributed by atoms with E-state index in [1.807, 2.05) is 13.0 Å². The van der Waals surface area contributed by atoms with Gasteiger partial charge >= 0.3 is 0 Å². The number of aryl methyl sites for hydroxylation is 1. The number of ether oxygens (including phenoxy) is 1. The Kier molecular flexibility index (Phi) is 5.29. The van der Waals surface area contributed by atoms with Crippen LogP contribution in [-0.2, 0) is 4.79 Å². The van der Waals surface area contributed by atoms with Gasteiger partial charge in [0.05, 0.1) is 6.21 Å². The molecule has 0 saturated carbocycles. The number of carbonyl (C=O) groups excluding carboxylic acids is 1. The van der Waals surface area contributed by atoms with Crippen LogP contribution in [0, 0.1) is 6.92 Å². The van der Waals surface area contributed by atoms with Gasteiger partial charge in [0, 0.05) is 23.0 Å². The predicted octanol–water partition coefficient (Wildman–Crippen LogP) is 2.57. The van der Waals surface area contributed by atoms with Crippen LogP contribution in [0.5, 0.6) is 5.75 Å². The fourth-order valence-electron chi connectivity index (χ4n) is 1.52. The molecule has 0 aliphatic rings. The first-order chi connectivity index (χ1) is 10.1. The first-order valence-corrected chi connectivity index (χ1v) is 6.64. The maximum absolute atomic E-state index is 11.6. The van der Waals surface area contributed by atoms with E-state index in [9.17, 15) is 4.79 Å². The highest BCUT2D eigenvalue weighted by Gasteiger charge is 2.03. The zero-order valence-corrected chi connectivity index (χ0v) is 12.2. The smallest absolute Gasteiger partial charge is 0.277 e. The molecule has 0 spiro atoms. The second kappa shape index (κ2) is 7.40. The number of amides is 1. The summed E-state index contributed by atoms with van der Waals surface area (Å²) in [6, 6.07) is 8.82. The lowest BCUT2D eigenvalue weighted by Gasteiger charge is -2.06. The molecule has 0 saturated heterocycles. The normalized spacial score (nSPS) is 10.6. The fourth-order valence-corrected chi connectivity index (χ4v) is 1.64. The van der Waals surface area contributed by atoms with Crippen molar-refractivity contribution in [2.75, 3.05) is 6.61 Å². The standard InChI is InChI=1S/C15H14ClN3O2/c1-11-7-13(4-5-14(11)16)21-10-15(20)19-18-9-12-3-2-6-17-8-12/h2-9H,10H2,1H3,(H,19,20)/b18-9+. The zero-order valence-electron chi connectivity index (χ0n) is 11.4. The number of nitrogens with zero attached hydrogens (tertiary/aromatic N) is 2. The lowest BCUT2D eigenvalue weighted by Crippen LogP contribution is -2.24. The molecule has 5 nitrogen and oxygen atoms in total. The molecule has 21 heavy (non-hydrogen) atoms. The van der Waals surface area contributed by atoms with E-state index in [4.69, 9.17) is 16.3 Å². The fraction of sp³-hybridized carbons (Fsp3) is 0.133. The summed E-state index contributed by atoms with van der Waals surface area (Å²) in [7, 11) is 0. The largest absolute Gasteiger partial charge is 0.484 e. The second-order valence-electron chi connectivity index (χ2n) is 4.28. The molecule has 0 bridgehead atoms. The number of rotatable bonds is 5. The van der Waals surface area contributed by atoms with Crippen molar-refractivity contribution >= 4 is 23.7 Å². The summed E-state index contributed by atoms with van der Waals surface area (Å²) in [5, 5.41) is 4.48. The molecule has 6 heteroatoms. The van der Waals surface area contributed by atoms with Gasteiger partial charge < -0.3 is 4.74 Å². The maximum atomic E-state index is 11.6. The van der Waals surface area contributed by atoms with Gasteiger partial charge in [-0.2, -0.15) is 5.10 Å². The summed E-state index contributed by atoms with van der Waals surface area (Å²) in [5.41, 5.74) is 4.07. The lowest BCUT2D eigenvalue weighted by molar-refractivity contribution is -0.123. The molecular weight excluding hydrogens is 290 g/mol. The van der Waals surface area contributed by atoms with Crippen molar-refractivity contribution < 1.29 is 9.53 Å². The van der Waals surface area contributed by atoms with Gasteiger partial charge in [0.15, 0.2) is 6.61 Å². The van der Waals surface area contributed by atoms with Crippen LogP contribution >= 0.6 is 11.6 Å². The lowest BCUT2D eigenvalue weighted by atomic mass is 10.2. The molecule has 1 aromatic heterocycles.